The fourth-order valence-electron chi connectivity index (χ4n) is 4.86. The first-order valence-electron chi connectivity index (χ1n) is 13.1. The van der Waals surface area contributed by atoms with Crippen LogP contribution in [0.2, 0.25) is 5.02 Å². The van der Waals surface area contributed by atoms with Gasteiger partial charge < -0.3 is 14.5 Å². The minimum Gasteiger partial charge on any atom is -0.497 e. The number of halogens is 1. The van der Waals surface area contributed by atoms with E-state index in [4.69, 9.17) is 21.1 Å². The molecule has 2 N–H and O–H groups in total. The number of esters is 1. The Morgan fingerprint density at radius 3 is 2.50 bits per heavy atom. The van der Waals surface area contributed by atoms with Crippen molar-refractivity contribution in [1.29, 1.82) is 0 Å². The summed E-state index contributed by atoms with van der Waals surface area (Å²) in [4.78, 5) is 29.7. The van der Waals surface area contributed by atoms with Crippen LogP contribution in [0.1, 0.15) is 26.4 Å². The molecule has 42 heavy (non-hydrogen) atoms. The number of methoxy groups -OCH3 is 1. The molecule has 0 aliphatic carbocycles. The number of nitrogens with zero attached hydrogens (tertiary/aromatic N) is 1. The molecule has 0 saturated carbocycles. The molecule has 1 heterocycles. The number of aromatic nitrogens is 1. The average Bonchev–Trinajstić information content (AvgIpc) is 3.42. The standard InChI is InChI=1S/C34H24ClN3O4/c1-41-24-12-8-11-22(19-24)34(40)42-29-16-7-3-10-23(29)20-36-38-33(39)32-30(26-14-5-6-15-28(26)35)27-18-17-21-9-2-4-13-25(21)31(27)37-32/h2-20,37H,1H3,(H,38,39). The third kappa shape index (κ3) is 5.21. The summed E-state index contributed by atoms with van der Waals surface area (Å²) in [5.74, 6) is -0.166. The van der Waals surface area contributed by atoms with Gasteiger partial charge in [-0.15, -0.1) is 0 Å². The van der Waals surface area contributed by atoms with E-state index >= 15 is 0 Å². The van der Waals surface area contributed by atoms with E-state index in [0.717, 1.165) is 27.2 Å². The van der Waals surface area contributed by atoms with Crippen LogP contribution in [0.15, 0.2) is 114 Å². The van der Waals surface area contributed by atoms with Crippen molar-refractivity contribution < 1.29 is 19.1 Å². The monoisotopic (exact) mass is 573 g/mol. The van der Waals surface area contributed by atoms with Crippen molar-refractivity contribution in [1.82, 2.24) is 10.4 Å². The summed E-state index contributed by atoms with van der Waals surface area (Å²) in [5, 5.41) is 7.60. The summed E-state index contributed by atoms with van der Waals surface area (Å²) >= 11 is 6.59. The molecule has 6 rings (SSSR count). The van der Waals surface area contributed by atoms with Gasteiger partial charge in [0, 0.05) is 32.5 Å². The summed E-state index contributed by atoms with van der Waals surface area (Å²) < 4.78 is 10.8. The number of rotatable bonds is 7. The fraction of sp³-hybridized carbons (Fsp3) is 0.0294. The highest BCUT2D eigenvalue weighted by atomic mass is 35.5. The number of amides is 1. The third-order valence-corrected chi connectivity index (χ3v) is 7.20. The van der Waals surface area contributed by atoms with Crippen molar-refractivity contribution in [2.75, 3.05) is 7.11 Å². The molecule has 0 fully saturated rings. The van der Waals surface area contributed by atoms with Crippen LogP contribution in [-0.2, 0) is 0 Å². The van der Waals surface area contributed by atoms with Crippen molar-refractivity contribution >= 4 is 51.4 Å². The van der Waals surface area contributed by atoms with Crippen molar-refractivity contribution in [3.05, 3.63) is 131 Å². The van der Waals surface area contributed by atoms with Gasteiger partial charge in [0.25, 0.3) is 5.91 Å². The molecular formula is C34H24ClN3O4. The Kier molecular flexibility index (Phi) is 7.41. The van der Waals surface area contributed by atoms with Gasteiger partial charge in [0.1, 0.15) is 17.2 Å². The summed E-state index contributed by atoms with van der Waals surface area (Å²) in [7, 11) is 1.53. The molecule has 1 amide bonds. The van der Waals surface area contributed by atoms with Crippen LogP contribution >= 0.6 is 11.6 Å². The Hall–Kier alpha value is -5.40. The first-order valence-corrected chi connectivity index (χ1v) is 13.5. The molecule has 0 aliphatic rings. The lowest BCUT2D eigenvalue weighted by molar-refractivity contribution is 0.0733. The Bertz CT molecular complexity index is 2000. The van der Waals surface area contributed by atoms with E-state index in [-0.39, 0.29) is 5.75 Å². The van der Waals surface area contributed by atoms with Gasteiger partial charge in [0.05, 0.1) is 24.4 Å². The largest absolute Gasteiger partial charge is 0.497 e. The molecule has 5 aromatic carbocycles. The molecule has 0 saturated heterocycles. The van der Waals surface area contributed by atoms with Crippen LogP contribution in [0.3, 0.4) is 0 Å². The number of carbonyl (C=O) groups is 2. The highest BCUT2D eigenvalue weighted by molar-refractivity contribution is 6.34. The van der Waals surface area contributed by atoms with Crippen LogP contribution in [0.4, 0.5) is 0 Å². The molecule has 0 atom stereocenters. The van der Waals surface area contributed by atoms with Crippen LogP contribution in [-0.4, -0.2) is 30.2 Å². The lowest BCUT2D eigenvalue weighted by atomic mass is 9.99. The number of aromatic amines is 1. The number of hydrogen-bond donors (Lipinski definition) is 2. The van der Waals surface area contributed by atoms with Crippen LogP contribution in [0.25, 0.3) is 32.8 Å². The van der Waals surface area contributed by atoms with Gasteiger partial charge in [-0.25, -0.2) is 10.2 Å². The highest BCUT2D eigenvalue weighted by Gasteiger charge is 2.22. The molecular weight excluding hydrogens is 550 g/mol. The first-order chi connectivity index (χ1) is 20.5. The Morgan fingerprint density at radius 1 is 0.857 bits per heavy atom. The molecule has 1 aromatic heterocycles. The number of para-hydroxylation sites is 1. The second-order valence-corrected chi connectivity index (χ2v) is 9.83. The normalized spacial score (nSPS) is 11.2. The predicted octanol–water partition coefficient (Wildman–Crippen LogP) is 7.63. The van der Waals surface area contributed by atoms with E-state index in [0.29, 0.717) is 33.2 Å². The number of benzene rings is 5. The van der Waals surface area contributed by atoms with Crippen molar-refractivity contribution in [2.45, 2.75) is 0 Å². The number of H-pyrrole nitrogens is 1. The quantitative estimate of drug-likeness (QED) is 0.0888. The maximum Gasteiger partial charge on any atom is 0.343 e. The zero-order valence-corrected chi connectivity index (χ0v) is 23.2. The zero-order chi connectivity index (χ0) is 29.1. The van der Waals surface area contributed by atoms with E-state index in [9.17, 15) is 9.59 Å². The van der Waals surface area contributed by atoms with E-state index in [2.05, 4.69) is 15.5 Å². The van der Waals surface area contributed by atoms with E-state index in [1.165, 1.54) is 13.3 Å². The first kappa shape index (κ1) is 26.8. The van der Waals surface area contributed by atoms with Gasteiger partial charge >= 0.3 is 5.97 Å². The predicted molar refractivity (Wildman–Crippen MR) is 166 cm³/mol. The molecule has 0 bridgehead atoms. The van der Waals surface area contributed by atoms with E-state index in [1.54, 1.807) is 54.6 Å². The Labute approximate surface area is 246 Å². The molecule has 0 spiro atoms. The van der Waals surface area contributed by atoms with Crippen molar-refractivity contribution in [3.63, 3.8) is 0 Å². The van der Waals surface area contributed by atoms with Gasteiger partial charge in [-0.1, -0.05) is 84.4 Å². The average molecular weight is 574 g/mol. The smallest absolute Gasteiger partial charge is 0.343 e. The zero-order valence-electron chi connectivity index (χ0n) is 22.4. The van der Waals surface area contributed by atoms with Crippen LogP contribution in [0, 0.1) is 0 Å². The molecule has 0 radical (unpaired) electrons. The third-order valence-electron chi connectivity index (χ3n) is 6.87. The second kappa shape index (κ2) is 11.6. The van der Waals surface area contributed by atoms with Gasteiger partial charge in [0.2, 0.25) is 0 Å². The molecule has 0 aliphatic heterocycles. The highest BCUT2D eigenvalue weighted by Crippen LogP contribution is 2.39. The summed E-state index contributed by atoms with van der Waals surface area (Å²) in [6.45, 7) is 0. The molecule has 6 aromatic rings. The Balaban J connectivity index is 1.31. The lowest BCUT2D eigenvalue weighted by Gasteiger charge is -2.08. The van der Waals surface area contributed by atoms with Gasteiger partial charge in [-0.2, -0.15) is 5.10 Å². The summed E-state index contributed by atoms with van der Waals surface area (Å²) in [6.07, 6.45) is 1.43. The molecule has 7 nitrogen and oxygen atoms in total. The number of nitrogens with one attached hydrogen (secondary N) is 2. The summed E-state index contributed by atoms with van der Waals surface area (Å²) in [5.41, 5.74) is 6.01. The number of hydrazone groups is 1. The van der Waals surface area contributed by atoms with Crippen LogP contribution < -0.4 is 14.9 Å². The van der Waals surface area contributed by atoms with Gasteiger partial charge in [-0.3, -0.25) is 4.79 Å². The molecule has 206 valence electrons. The topological polar surface area (TPSA) is 92.8 Å². The number of carbonyl (C=O) groups excluding carboxylic acids is 2. The molecule has 8 heteroatoms. The number of fused-ring (bicyclic) bond motifs is 3. The van der Waals surface area contributed by atoms with Crippen molar-refractivity contribution in [3.8, 4) is 22.6 Å². The van der Waals surface area contributed by atoms with Crippen LogP contribution in [0.5, 0.6) is 11.5 Å². The van der Waals surface area contributed by atoms with E-state index < -0.39 is 11.9 Å². The maximum absolute atomic E-state index is 13.6. The minimum atomic E-state index is -0.548. The SMILES string of the molecule is COc1cccc(C(=O)Oc2ccccc2C=NNC(=O)c2[nH]c3c(ccc4ccccc43)c2-c2ccccc2Cl)c1. The maximum atomic E-state index is 13.6. The number of hydrogen-bond acceptors (Lipinski definition) is 5. The molecule has 0 unspecified atom stereocenters. The Morgan fingerprint density at radius 2 is 1.64 bits per heavy atom. The number of ether oxygens (including phenoxy) is 2. The van der Waals surface area contributed by atoms with Gasteiger partial charge in [-0.05, 0) is 41.8 Å². The second-order valence-electron chi connectivity index (χ2n) is 9.42. The van der Waals surface area contributed by atoms with Gasteiger partial charge in [0.15, 0.2) is 0 Å². The lowest BCUT2D eigenvalue weighted by Crippen LogP contribution is -2.19. The fourth-order valence-corrected chi connectivity index (χ4v) is 5.09. The minimum absolute atomic E-state index is 0.289. The van der Waals surface area contributed by atoms with Crippen molar-refractivity contribution in [2.24, 2.45) is 5.10 Å². The summed E-state index contributed by atoms with van der Waals surface area (Å²) in [6, 6.07) is 33.0. The van der Waals surface area contributed by atoms with E-state index in [1.807, 2.05) is 54.6 Å².